The molecule has 0 heterocycles. The first kappa shape index (κ1) is 14.0. The number of unbranched alkanes of at least 4 members (excludes halogenated alkanes) is 1. The van der Waals surface area contributed by atoms with Crippen molar-refractivity contribution in [1.29, 1.82) is 0 Å². The predicted molar refractivity (Wildman–Crippen MR) is 66.9 cm³/mol. The van der Waals surface area contributed by atoms with Crippen molar-refractivity contribution in [3.8, 4) is 0 Å². The van der Waals surface area contributed by atoms with E-state index < -0.39 is 12.1 Å². The molecule has 0 bridgehead atoms. The minimum atomic E-state index is -0.905. The van der Waals surface area contributed by atoms with Crippen molar-refractivity contribution in [2.45, 2.75) is 32.3 Å². The predicted octanol–water partition coefficient (Wildman–Crippen LogP) is 3.11. The molecule has 0 saturated heterocycles. The molecule has 0 aromatic heterocycles. The van der Waals surface area contributed by atoms with E-state index in [0.717, 1.165) is 12.8 Å². The molecule has 1 N–H and O–H groups in total. The van der Waals surface area contributed by atoms with Crippen LogP contribution in [0.3, 0.4) is 0 Å². The van der Waals surface area contributed by atoms with Gasteiger partial charge in [0, 0.05) is 5.02 Å². The minimum Gasteiger partial charge on any atom is -0.466 e. The molecule has 1 atom stereocenters. The van der Waals surface area contributed by atoms with Gasteiger partial charge in [-0.2, -0.15) is 0 Å². The number of benzene rings is 1. The Labute approximate surface area is 106 Å². The zero-order chi connectivity index (χ0) is 12.7. The van der Waals surface area contributed by atoms with Crippen molar-refractivity contribution in [1.82, 2.24) is 0 Å². The highest BCUT2D eigenvalue weighted by molar-refractivity contribution is 6.31. The van der Waals surface area contributed by atoms with Gasteiger partial charge in [-0.25, -0.2) is 0 Å². The highest BCUT2D eigenvalue weighted by Crippen LogP contribution is 2.24. The molecule has 17 heavy (non-hydrogen) atoms. The number of hydrogen-bond donors (Lipinski definition) is 1. The van der Waals surface area contributed by atoms with E-state index in [1.165, 1.54) is 0 Å². The summed E-state index contributed by atoms with van der Waals surface area (Å²) in [7, 11) is 0. The Balaban J connectivity index is 2.46. The smallest absolute Gasteiger partial charge is 0.308 e. The summed E-state index contributed by atoms with van der Waals surface area (Å²) in [5.41, 5.74) is 0.557. The Morgan fingerprint density at radius 1 is 1.47 bits per heavy atom. The van der Waals surface area contributed by atoms with Crippen LogP contribution in [0, 0.1) is 0 Å². The third kappa shape index (κ3) is 4.75. The molecule has 0 radical (unpaired) electrons. The van der Waals surface area contributed by atoms with E-state index in [1.807, 2.05) is 6.92 Å². The number of aliphatic hydroxyl groups excluding tert-OH is 1. The molecule has 0 aliphatic rings. The summed E-state index contributed by atoms with van der Waals surface area (Å²) in [5, 5.41) is 10.3. The molecule has 0 aliphatic carbocycles. The van der Waals surface area contributed by atoms with Crippen LogP contribution < -0.4 is 0 Å². The maximum atomic E-state index is 11.4. The summed E-state index contributed by atoms with van der Waals surface area (Å²) in [5.74, 6) is -0.397. The Morgan fingerprint density at radius 2 is 2.18 bits per heavy atom. The van der Waals surface area contributed by atoms with Gasteiger partial charge in [0.15, 0.2) is 0 Å². The van der Waals surface area contributed by atoms with Crippen LogP contribution in [-0.4, -0.2) is 17.7 Å². The average molecular weight is 257 g/mol. The molecule has 3 nitrogen and oxygen atoms in total. The zero-order valence-electron chi connectivity index (χ0n) is 9.86. The van der Waals surface area contributed by atoms with Crippen molar-refractivity contribution in [3.63, 3.8) is 0 Å². The van der Waals surface area contributed by atoms with Gasteiger partial charge in [-0.1, -0.05) is 43.1 Å². The molecular formula is C13H17ClO3. The van der Waals surface area contributed by atoms with Gasteiger partial charge in [-0.3, -0.25) is 4.79 Å². The molecule has 1 unspecified atom stereocenters. The van der Waals surface area contributed by atoms with E-state index in [-0.39, 0.29) is 6.42 Å². The topological polar surface area (TPSA) is 46.5 Å². The number of aliphatic hydroxyl groups is 1. The van der Waals surface area contributed by atoms with Crippen LogP contribution in [0.2, 0.25) is 5.02 Å². The summed E-state index contributed by atoms with van der Waals surface area (Å²) in [6.07, 6.45) is 0.847. The van der Waals surface area contributed by atoms with Crippen LogP contribution in [0.1, 0.15) is 37.9 Å². The summed E-state index contributed by atoms with van der Waals surface area (Å²) >= 11 is 5.92. The normalized spacial score (nSPS) is 12.2. The Kier molecular flexibility index (Phi) is 6.01. The van der Waals surface area contributed by atoms with Crippen molar-refractivity contribution in [3.05, 3.63) is 34.9 Å². The number of hydrogen-bond acceptors (Lipinski definition) is 3. The van der Waals surface area contributed by atoms with E-state index in [2.05, 4.69) is 0 Å². The average Bonchev–Trinajstić information content (AvgIpc) is 2.29. The Hall–Kier alpha value is -1.06. The molecule has 0 amide bonds. The van der Waals surface area contributed by atoms with Crippen LogP contribution in [0.4, 0.5) is 0 Å². The molecule has 1 aromatic carbocycles. The molecule has 4 heteroatoms. The number of rotatable bonds is 6. The fraction of sp³-hybridized carbons (Fsp3) is 0.462. The fourth-order valence-electron chi connectivity index (χ4n) is 1.40. The molecule has 0 aliphatic heterocycles. The van der Waals surface area contributed by atoms with Gasteiger partial charge >= 0.3 is 5.97 Å². The third-order valence-corrected chi connectivity index (χ3v) is 2.73. The first-order valence-electron chi connectivity index (χ1n) is 5.73. The fourth-order valence-corrected chi connectivity index (χ4v) is 1.66. The van der Waals surface area contributed by atoms with Crippen molar-refractivity contribution in [2.24, 2.45) is 0 Å². The standard InChI is InChI=1S/C13H17ClO3/c1-2-3-8-17-13(16)9-12(15)10-6-4-5-7-11(10)14/h4-7,12,15H,2-3,8-9H2,1H3. The summed E-state index contributed by atoms with van der Waals surface area (Å²) in [6, 6.07) is 6.93. The van der Waals surface area contributed by atoms with E-state index >= 15 is 0 Å². The molecular weight excluding hydrogens is 240 g/mol. The van der Waals surface area contributed by atoms with Crippen LogP contribution in [0.15, 0.2) is 24.3 Å². The van der Waals surface area contributed by atoms with Gasteiger partial charge in [0.1, 0.15) is 0 Å². The lowest BCUT2D eigenvalue weighted by molar-refractivity contribution is -0.146. The van der Waals surface area contributed by atoms with Gasteiger partial charge in [0.25, 0.3) is 0 Å². The van der Waals surface area contributed by atoms with Gasteiger partial charge in [0.05, 0.1) is 19.1 Å². The van der Waals surface area contributed by atoms with E-state index in [9.17, 15) is 9.90 Å². The maximum absolute atomic E-state index is 11.4. The monoisotopic (exact) mass is 256 g/mol. The SMILES string of the molecule is CCCCOC(=O)CC(O)c1ccccc1Cl. The lowest BCUT2D eigenvalue weighted by Crippen LogP contribution is -2.11. The summed E-state index contributed by atoms with van der Waals surface area (Å²) in [6.45, 7) is 2.43. The minimum absolute atomic E-state index is 0.0621. The van der Waals surface area contributed by atoms with Crippen molar-refractivity contribution < 1.29 is 14.6 Å². The van der Waals surface area contributed by atoms with Crippen LogP contribution in [-0.2, 0) is 9.53 Å². The number of ether oxygens (including phenoxy) is 1. The van der Waals surface area contributed by atoms with E-state index in [4.69, 9.17) is 16.3 Å². The van der Waals surface area contributed by atoms with E-state index in [0.29, 0.717) is 17.2 Å². The molecule has 0 fully saturated rings. The molecule has 94 valence electrons. The molecule has 0 saturated carbocycles. The number of carbonyl (C=O) groups is 1. The second-order valence-electron chi connectivity index (χ2n) is 3.82. The van der Waals surface area contributed by atoms with Crippen LogP contribution >= 0.6 is 11.6 Å². The summed E-state index contributed by atoms with van der Waals surface area (Å²) in [4.78, 5) is 11.4. The highest BCUT2D eigenvalue weighted by Gasteiger charge is 2.16. The Bertz CT molecular complexity index is 365. The molecule has 0 spiro atoms. The summed E-state index contributed by atoms with van der Waals surface area (Å²) < 4.78 is 4.97. The lowest BCUT2D eigenvalue weighted by atomic mass is 10.1. The maximum Gasteiger partial charge on any atom is 0.308 e. The number of esters is 1. The highest BCUT2D eigenvalue weighted by atomic mass is 35.5. The quantitative estimate of drug-likeness (QED) is 0.628. The van der Waals surface area contributed by atoms with Gasteiger partial charge < -0.3 is 9.84 Å². The van der Waals surface area contributed by atoms with Gasteiger partial charge in [0.2, 0.25) is 0 Å². The molecule has 1 aromatic rings. The second kappa shape index (κ2) is 7.30. The number of halogens is 1. The van der Waals surface area contributed by atoms with Crippen molar-refractivity contribution >= 4 is 17.6 Å². The van der Waals surface area contributed by atoms with Gasteiger partial charge in [-0.15, -0.1) is 0 Å². The Morgan fingerprint density at radius 3 is 2.82 bits per heavy atom. The van der Waals surface area contributed by atoms with Crippen LogP contribution in [0.5, 0.6) is 0 Å². The van der Waals surface area contributed by atoms with Crippen LogP contribution in [0.25, 0.3) is 0 Å². The first-order chi connectivity index (χ1) is 8.15. The number of carbonyl (C=O) groups excluding carboxylic acids is 1. The zero-order valence-corrected chi connectivity index (χ0v) is 10.6. The lowest BCUT2D eigenvalue weighted by Gasteiger charge is -2.12. The van der Waals surface area contributed by atoms with Crippen molar-refractivity contribution in [2.75, 3.05) is 6.61 Å². The first-order valence-corrected chi connectivity index (χ1v) is 6.11. The third-order valence-electron chi connectivity index (χ3n) is 2.39. The second-order valence-corrected chi connectivity index (χ2v) is 4.22. The van der Waals surface area contributed by atoms with Gasteiger partial charge in [-0.05, 0) is 18.1 Å². The molecule has 1 rings (SSSR count). The largest absolute Gasteiger partial charge is 0.466 e. The van der Waals surface area contributed by atoms with E-state index in [1.54, 1.807) is 24.3 Å².